The number of carbonyl (C=O) groups is 1. The first-order valence-electron chi connectivity index (χ1n) is 4.19. The van der Waals surface area contributed by atoms with E-state index in [2.05, 4.69) is 5.32 Å². The zero-order valence-electron chi connectivity index (χ0n) is 7.92. The number of nitrogens with one attached hydrogen (secondary N) is 1. The lowest BCUT2D eigenvalue weighted by atomic mass is 10.5. The molecule has 0 rings (SSSR count). The first kappa shape index (κ1) is 11.4. The van der Waals surface area contributed by atoms with Crippen molar-refractivity contribution in [1.29, 1.82) is 0 Å². The fourth-order valence-electron chi connectivity index (χ4n) is 0.788. The second-order valence-corrected chi connectivity index (χ2v) is 2.30. The Morgan fingerprint density at radius 2 is 2.17 bits per heavy atom. The van der Waals surface area contributed by atoms with Gasteiger partial charge in [-0.15, -0.1) is 0 Å². The number of esters is 1. The maximum atomic E-state index is 10.5. The number of likely N-dealkylation sites (N-methyl/N-ethyl adjacent to an activating group) is 1. The molecule has 1 atom stereocenters. The van der Waals surface area contributed by atoms with Crippen LogP contribution in [0.25, 0.3) is 0 Å². The summed E-state index contributed by atoms with van der Waals surface area (Å²) in [6.07, 6.45) is -0.177. The van der Waals surface area contributed by atoms with Crippen LogP contribution >= 0.6 is 0 Å². The molecule has 4 nitrogen and oxygen atoms in total. The third kappa shape index (κ3) is 6.12. The summed E-state index contributed by atoms with van der Waals surface area (Å²) in [4.78, 5) is 10.5. The Kier molecular flexibility index (Phi) is 6.70. The Labute approximate surface area is 73.2 Å². The van der Waals surface area contributed by atoms with Crippen LogP contribution < -0.4 is 5.32 Å². The van der Waals surface area contributed by atoms with Gasteiger partial charge in [0, 0.05) is 13.5 Å². The van der Waals surface area contributed by atoms with E-state index in [-0.39, 0.29) is 18.8 Å². The summed E-state index contributed by atoms with van der Waals surface area (Å²) in [6, 6.07) is 0. The van der Waals surface area contributed by atoms with Crippen molar-refractivity contribution < 1.29 is 14.3 Å². The molecule has 0 aromatic heterocycles. The molecule has 0 bridgehead atoms. The van der Waals surface area contributed by atoms with Gasteiger partial charge in [-0.2, -0.15) is 0 Å². The number of ether oxygens (including phenoxy) is 2. The third-order valence-electron chi connectivity index (χ3n) is 1.24. The van der Waals surface area contributed by atoms with Crippen LogP contribution in [-0.4, -0.2) is 32.0 Å². The maximum Gasteiger partial charge on any atom is 0.302 e. The normalized spacial score (nSPS) is 12.6. The van der Waals surface area contributed by atoms with E-state index in [1.807, 2.05) is 13.8 Å². The molecule has 1 unspecified atom stereocenters. The van der Waals surface area contributed by atoms with Crippen LogP contribution in [0.5, 0.6) is 0 Å². The monoisotopic (exact) mass is 175 g/mol. The maximum absolute atomic E-state index is 10.5. The summed E-state index contributed by atoms with van der Waals surface area (Å²) in [5.74, 6) is -0.280. The van der Waals surface area contributed by atoms with Gasteiger partial charge in [0.05, 0.1) is 0 Å². The number of hydrogen-bond acceptors (Lipinski definition) is 4. The highest BCUT2D eigenvalue weighted by Crippen LogP contribution is 1.89. The average molecular weight is 175 g/mol. The molecule has 0 saturated carbocycles. The highest BCUT2D eigenvalue weighted by molar-refractivity contribution is 5.65. The van der Waals surface area contributed by atoms with Gasteiger partial charge in [-0.1, -0.05) is 6.92 Å². The minimum Gasteiger partial charge on any atom is -0.462 e. The van der Waals surface area contributed by atoms with E-state index in [1.165, 1.54) is 6.92 Å². The number of hydrogen-bond donors (Lipinski definition) is 1. The molecule has 72 valence electrons. The molecular formula is C8H17NO3. The molecule has 0 fully saturated rings. The molecule has 0 aliphatic heterocycles. The molecule has 0 aliphatic rings. The van der Waals surface area contributed by atoms with Crippen molar-refractivity contribution in [3.05, 3.63) is 0 Å². The summed E-state index contributed by atoms with van der Waals surface area (Å²) in [6.45, 7) is 6.94. The quantitative estimate of drug-likeness (QED) is 0.472. The van der Waals surface area contributed by atoms with Gasteiger partial charge in [0.25, 0.3) is 0 Å². The van der Waals surface area contributed by atoms with Crippen molar-refractivity contribution in [1.82, 2.24) is 5.32 Å². The van der Waals surface area contributed by atoms with Crippen molar-refractivity contribution in [2.75, 3.05) is 19.8 Å². The second kappa shape index (κ2) is 7.06. The van der Waals surface area contributed by atoms with E-state index in [9.17, 15) is 4.79 Å². The van der Waals surface area contributed by atoms with Gasteiger partial charge in [-0.3, -0.25) is 10.1 Å². The average Bonchev–Trinajstić information content (AvgIpc) is 2.01. The molecule has 0 radical (unpaired) electrons. The van der Waals surface area contributed by atoms with Gasteiger partial charge in [0.2, 0.25) is 0 Å². The van der Waals surface area contributed by atoms with Crippen molar-refractivity contribution in [3.63, 3.8) is 0 Å². The van der Waals surface area contributed by atoms with Gasteiger partial charge in [-0.25, -0.2) is 0 Å². The van der Waals surface area contributed by atoms with Crippen LogP contribution in [0.15, 0.2) is 0 Å². The predicted molar refractivity (Wildman–Crippen MR) is 45.7 cm³/mol. The fraction of sp³-hybridized carbons (Fsp3) is 0.875. The number of carbonyl (C=O) groups excluding carboxylic acids is 1. The highest BCUT2D eigenvalue weighted by Gasteiger charge is 2.07. The van der Waals surface area contributed by atoms with Gasteiger partial charge in [-0.05, 0) is 13.5 Å². The van der Waals surface area contributed by atoms with Crippen molar-refractivity contribution in [2.24, 2.45) is 0 Å². The van der Waals surface area contributed by atoms with Crippen LogP contribution in [0.3, 0.4) is 0 Å². The van der Waals surface area contributed by atoms with E-state index in [1.54, 1.807) is 0 Å². The SMILES string of the molecule is CCNC(COC(C)=O)OCC. The molecule has 0 aliphatic carbocycles. The predicted octanol–water partition coefficient (Wildman–Crippen LogP) is 0.522. The summed E-state index contributed by atoms with van der Waals surface area (Å²) in [5, 5.41) is 3.04. The van der Waals surface area contributed by atoms with Gasteiger partial charge in [0.1, 0.15) is 12.8 Å². The lowest BCUT2D eigenvalue weighted by Gasteiger charge is -2.16. The standard InChI is InChI=1S/C8H17NO3/c1-4-9-8(11-5-2)6-12-7(3)10/h8-9H,4-6H2,1-3H3. The lowest BCUT2D eigenvalue weighted by molar-refractivity contribution is -0.146. The highest BCUT2D eigenvalue weighted by atomic mass is 16.6. The van der Waals surface area contributed by atoms with Gasteiger partial charge in [0.15, 0.2) is 0 Å². The van der Waals surface area contributed by atoms with E-state index < -0.39 is 0 Å². The molecule has 12 heavy (non-hydrogen) atoms. The van der Waals surface area contributed by atoms with Gasteiger partial charge < -0.3 is 9.47 Å². The largest absolute Gasteiger partial charge is 0.462 e. The topological polar surface area (TPSA) is 47.6 Å². The Bertz CT molecular complexity index is 121. The van der Waals surface area contributed by atoms with E-state index in [0.717, 1.165) is 6.54 Å². The van der Waals surface area contributed by atoms with Crippen LogP contribution in [0.4, 0.5) is 0 Å². The van der Waals surface area contributed by atoms with Crippen molar-refractivity contribution in [2.45, 2.75) is 27.0 Å². The Balaban J connectivity index is 3.54. The van der Waals surface area contributed by atoms with Crippen molar-refractivity contribution in [3.8, 4) is 0 Å². The second-order valence-electron chi connectivity index (χ2n) is 2.30. The molecule has 0 aromatic rings. The Morgan fingerprint density at radius 1 is 1.50 bits per heavy atom. The molecule has 0 heterocycles. The molecule has 0 spiro atoms. The summed E-state index contributed by atoms with van der Waals surface area (Å²) >= 11 is 0. The third-order valence-corrected chi connectivity index (χ3v) is 1.24. The number of rotatable bonds is 6. The molecular weight excluding hydrogens is 158 g/mol. The Hall–Kier alpha value is -0.610. The zero-order valence-corrected chi connectivity index (χ0v) is 7.92. The van der Waals surface area contributed by atoms with Gasteiger partial charge >= 0.3 is 5.97 Å². The van der Waals surface area contributed by atoms with Crippen LogP contribution in [-0.2, 0) is 14.3 Å². The minimum absolute atomic E-state index is 0.177. The van der Waals surface area contributed by atoms with Crippen LogP contribution in [0.1, 0.15) is 20.8 Å². The summed E-state index contributed by atoms with van der Waals surface area (Å²) in [7, 11) is 0. The molecule has 1 N–H and O–H groups in total. The van der Waals surface area contributed by atoms with Crippen LogP contribution in [0, 0.1) is 0 Å². The summed E-state index contributed by atoms with van der Waals surface area (Å²) in [5.41, 5.74) is 0. The van der Waals surface area contributed by atoms with Crippen LogP contribution in [0.2, 0.25) is 0 Å². The molecule has 4 heteroatoms. The van der Waals surface area contributed by atoms with E-state index in [0.29, 0.717) is 6.61 Å². The zero-order chi connectivity index (χ0) is 9.40. The minimum atomic E-state index is -0.280. The first-order chi connectivity index (χ1) is 5.70. The smallest absolute Gasteiger partial charge is 0.302 e. The fourth-order valence-corrected chi connectivity index (χ4v) is 0.788. The van der Waals surface area contributed by atoms with E-state index in [4.69, 9.17) is 9.47 Å². The Morgan fingerprint density at radius 3 is 2.58 bits per heavy atom. The summed E-state index contributed by atoms with van der Waals surface area (Å²) < 4.78 is 10.0. The van der Waals surface area contributed by atoms with E-state index >= 15 is 0 Å². The molecule has 0 amide bonds. The first-order valence-corrected chi connectivity index (χ1v) is 4.19. The lowest BCUT2D eigenvalue weighted by Crippen LogP contribution is -2.36. The molecule has 0 saturated heterocycles. The molecule has 0 aromatic carbocycles. The van der Waals surface area contributed by atoms with Crippen molar-refractivity contribution >= 4 is 5.97 Å².